The Morgan fingerprint density at radius 2 is 1.57 bits per heavy atom. The standard InChI is InChI=1S/C44H55NO15/c1-23-27(57-37(52)42(54,21-46)33(25-15-11-9-12-16-25)45-38(53)60-39(3,4)5)20-44(55)35(58-36(51)26-17-13-10-14-18-26)32-41(8,34(50)31(49)30(23)40(44,6)7)28(48)19-29-43(32,22-56-29)59-24(2)47/h9-18,27-29,31-33,35,46,48-49,54-55H,19-22H2,1-8H3,(H,45,53)/t27-,28-,29+,31+,32-,33-,35-,41+,42-,43-,44+/m0/s1. The summed E-state index contributed by atoms with van der Waals surface area (Å²) in [4.78, 5) is 69.6. The van der Waals surface area contributed by atoms with E-state index in [0.717, 1.165) is 6.92 Å². The molecule has 2 saturated carbocycles. The molecule has 0 aromatic heterocycles. The van der Waals surface area contributed by atoms with E-state index in [0.29, 0.717) is 0 Å². The first kappa shape index (κ1) is 44.8. The Labute approximate surface area is 347 Å². The summed E-state index contributed by atoms with van der Waals surface area (Å²) in [5.74, 6) is -5.74. The van der Waals surface area contributed by atoms with Crippen LogP contribution in [0.5, 0.6) is 0 Å². The second-order valence-electron chi connectivity index (χ2n) is 18.1. The van der Waals surface area contributed by atoms with Crippen molar-refractivity contribution in [1.82, 2.24) is 5.32 Å². The summed E-state index contributed by atoms with van der Waals surface area (Å²) in [5, 5.41) is 62.9. The highest BCUT2D eigenvalue weighted by molar-refractivity contribution is 5.94. The maximum absolute atomic E-state index is 15.0. The highest BCUT2D eigenvalue weighted by Gasteiger charge is 2.78. The lowest BCUT2D eigenvalue weighted by Crippen LogP contribution is -2.81. The number of carbonyl (C=O) groups excluding carboxylic acids is 5. The SMILES string of the molecule is CC(=O)O[C@@]12CO[C@@H]1C[C@H](O)[C@@]1(C)C(=O)[C@H](O)C3=C(C)[C@@H](OC(=O)[C@](O)(CO)[C@@H](NC(=O)OC(C)(C)C)c4ccccc4)C[C@@](O)([C@@H](OC(=O)c4ccccc4)[C@H]21)C3(C)C. The third kappa shape index (κ3) is 7.20. The monoisotopic (exact) mass is 837 g/mol. The van der Waals surface area contributed by atoms with Crippen molar-refractivity contribution in [1.29, 1.82) is 0 Å². The van der Waals surface area contributed by atoms with Gasteiger partial charge in [-0.1, -0.05) is 62.4 Å². The van der Waals surface area contributed by atoms with Crippen LogP contribution in [-0.4, -0.2) is 121 Å². The Balaban J connectivity index is 1.52. The molecule has 60 heavy (non-hydrogen) atoms. The Bertz CT molecular complexity index is 2050. The van der Waals surface area contributed by atoms with Crippen LogP contribution < -0.4 is 5.32 Å². The number of Topliss-reactive ketones (excluding diaryl/α,β-unsaturated/α-hetero) is 1. The molecule has 1 saturated heterocycles. The Kier molecular flexibility index (Phi) is 11.7. The van der Waals surface area contributed by atoms with Crippen LogP contribution in [0.2, 0.25) is 0 Å². The van der Waals surface area contributed by atoms with Gasteiger partial charge in [0.15, 0.2) is 11.4 Å². The number of rotatable bonds is 9. The molecule has 1 amide bonds. The molecule has 0 unspecified atom stereocenters. The fraction of sp³-hybridized carbons (Fsp3) is 0.568. The zero-order chi connectivity index (χ0) is 44.4. The number of ether oxygens (including phenoxy) is 5. The minimum absolute atomic E-state index is 0.0523. The number of aliphatic hydroxyl groups excluding tert-OH is 3. The lowest BCUT2D eigenvalue weighted by molar-refractivity contribution is -0.346. The summed E-state index contributed by atoms with van der Waals surface area (Å²) in [6.45, 7) is 10.2. The summed E-state index contributed by atoms with van der Waals surface area (Å²) in [6, 6.07) is 13.9. The summed E-state index contributed by atoms with van der Waals surface area (Å²) in [5.41, 5.74) is -11.7. The minimum Gasteiger partial charge on any atom is -0.455 e. The minimum atomic E-state index is -2.91. The molecule has 3 fully saturated rings. The molecule has 1 aliphatic heterocycles. The van der Waals surface area contributed by atoms with E-state index in [9.17, 15) is 44.7 Å². The quantitative estimate of drug-likeness (QED) is 0.121. The summed E-state index contributed by atoms with van der Waals surface area (Å²) in [7, 11) is 0. The number of benzene rings is 2. The van der Waals surface area contributed by atoms with Gasteiger partial charge in [0.2, 0.25) is 5.60 Å². The van der Waals surface area contributed by atoms with E-state index in [1.54, 1.807) is 57.2 Å². The number of fused-ring (bicyclic) bond motifs is 5. The predicted molar refractivity (Wildman–Crippen MR) is 210 cm³/mol. The number of hydrogen-bond donors (Lipinski definition) is 6. The van der Waals surface area contributed by atoms with Gasteiger partial charge in [-0.05, 0) is 63.5 Å². The maximum Gasteiger partial charge on any atom is 0.408 e. The van der Waals surface area contributed by atoms with Gasteiger partial charge in [0.05, 0.1) is 42.3 Å². The number of ketones is 1. The van der Waals surface area contributed by atoms with Crippen LogP contribution >= 0.6 is 0 Å². The van der Waals surface area contributed by atoms with Crippen molar-refractivity contribution in [2.24, 2.45) is 16.7 Å². The van der Waals surface area contributed by atoms with Crippen molar-refractivity contribution < 1.29 is 73.2 Å². The molecule has 326 valence electrons. The number of alkyl carbamates (subject to hydrolysis) is 1. The van der Waals surface area contributed by atoms with Crippen LogP contribution in [0.25, 0.3) is 0 Å². The molecule has 16 nitrogen and oxygen atoms in total. The van der Waals surface area contributed by atoms with E-state index >= 15 is 4.79 Å². The van der Waals surface area contributed by atoms with Gasteiger partial charge in [-0.2, -0.15) is 0 Å². The van der Waals surface area contributed by atoms with Gasteiger partial charge in [-0.25, -0.2) is 14.4 Å². The molecule has 0 radical (unpaired) electrons. The highest BCUT2D eigenvalue weighted by Crippen LogP contribution is 2.64. The predicted octanol–water partition coefficient (Wildman–Crippen LogP) is 2.62. The van der Waals surface area contributed by atoms with E-state index in [-0.39, 0.29) is 35.3 Å². The van der Waals surface area contributed by atoms with Crippen LogP contribution in [0.4, 0.5) is 4.79 Å². The van der Waals surface area contributed by atoms with Crippen LogP contribution in [0.3, 0.4) is 0 Å². The molecular formula is C44H55NO15. The second-order valence-corrected chi connectivity index (χ2v) is 18.1. The Hall–Kier alpha value is -4.71. The third-order valence-corrected chi connectivity index (χ3v) is 13.0. The average molecular weight is 838 g/mol. The van der Waals surface area contributed by atoms with Gasteiger partial charge in [0.1, 0.15) is 35.6 Å². The van der Waals surface area contributed by atoms with Gasteiger partial charge in [0.25, 0.3) is 0 Å². The molecule has 4 aliphatic rings. The molecule has 3 aliphatic carbocycles. The second kappa shape index (κ2) is 15.6. The van der Waals surface area contributed by atoms with Crippen molar-refractivity contribution in [2.45, 2.75) is 127 Å². The highest BCUT2D eigenvalue weighted by atomic mass is 16.6. The molecule has 2 bridgehead atoms. The smallest absolute Gasteiger partial charge is 0.408 e. The van der Waals surface area contributed by atoms with Crippen molar-refractivity contribution >= 4 is 29.8 Å². The number of amides is 1. The fourth-order valence-electron chi connectivity index (χ4n) is 9.83. The van der Waals surface area contributed by atoms with Crippen LogP contribution in [0.1, 0.15) is 90.2 Å². The maximum atomic E-state index is 15.0. The van der Waals surface area contributed by atoms with E-state index in [2.05, 4.69) is 5.32 Å². The van der Waals surface area contributed by atoms with E-state index < -0.39 is 119 Å². The number of nitrogens with one attached hydrogen (secondary N) is 1. The molecular weight excluding hydrogens is 782 g/mol. The molecule has 2 aromatic rings. The van der Waals surface area contributed by atoms with Crippen LogP contribution in [0.15, 0.2) is 71.8 Å². The number of aliphatic hydroxyl groups is 5. The lowest BCUT2D eigenvalue weighted by atomic mass is 9.44. The van der Waals surface area contributed by atoms with Crippen molar-refractivity contribution in [3.8, 4) is 0 Å². The first-order valence-corrected chi connectivity index (χ1v) is 19.9. The summed E-state index contributed by atoms with van der Waals surface area (Å²) >= 11 is 0. The number of hydrogen-bond acceptors (Lipinski definition) is 15. The van der Waals surface area contributed by atoms with E-state index in [1.165, 1.54) is 52.0 Å². The van der Waals surface area contributed by atoms with Gasteiger partial charge < -0.3 is 54.5 Å². The first-order chi connectivity index (χ1) is 27.9. The summed E-state index contributed by atoms with van der Waals surface area (Å²) < 4.78 is 29.6. The fourth-order valence-corrected chi connectivity index (χ4v) is 9.83. The molecule has 2 aromatic carbocycles. The zero-order valence-corrected chi connectivity index (χ0v) is 35.0. The normalized spacial score (nSPS) is 33.5. The number of carbonyl (C=O) groups is 5. The molecule has 0 spiro atoms. The van der Waals surface area contributed by atoms with Crippen molar-refractivity contribution in [3.63, 3.8) is 0 Å². The molecule has 6 N–H and O–H groups in total. The van der Waals surface area contributed by atoms with Gasteiger partial charge in [0, 0.05) is 25.2 Å². The van der Waals surface area contributed by atoms with Crippen LogP contribution in [0, 0.1) is 16.7 Å². The third-order valence-electron chi connectivity index (χ3n) is 13.0. The van der Waals surface area contributed by atoms with Gasteiger partial charge in [-0.3, -0.25) is 9.59 Å². The van der Waals surface area contributed by atoms with Gasteiger partial charge in [-0.15, -0.1) is 0 Å². The Morgan fingerprint density at radius 3 is 2.10 bits per heavy atom. The topological polar surface area (TPSA) is 245 Å². The van der Waals surface area contributed by atoms with Crippen molar-refractivity contribution in [2.75, 3.05) is 13.2 Å². The van der Waals surface area contributed by atoms with Gasteiger partial charge >= 0.3 is 24.0 Å². The summed E-state index contributed by atoms with van der Waals surface area (Å²) in [6.07, 6.45) is -9.98. The zero-order valence-electron chi connectivity index (χ0n) is 35.0. The molecule has 1 heterocycles. The number of esters is 3. The van der Waals surface area contributed by atoms with Crippen molar-refractivity contribution in [3.05, 3.63) is 82.9 Å². The van der Waals surface area contributed by atoms with E-state index in [1.807, 2.05) is 0 Å². The van der Waals surface area contributed by atoms with E-state index in [4.69, 9.17) is 23.7 Å². The average Bonchev–Trinajstić information content (AvgIpc) is 3.17. The van der Waals surface area contributed by atoms with Crippen LogP contribution in [-0.2, 0) is 38.1 Å². The largest absolute Gasteiger partial charge is 0.455 e. The molecule has 6 rings (SSSR count). The molecule has 16 heteroatoms. The lowest BCUT2D eigenvalue weighted by Gasteiger charge is -2.67. The Morgan fingerprint density at radius 1 is 0.967 bits per heavy atom. The molecule has 11 atom stereocenters. The first-order valence-electron chi connectivity index (χ1n) is 19.9.